The molecule has 3 aliphatic rings. The van der Waals surface area contributed by atoms with Gasteiger partial charge in [0.25, 0.3) is 0 Å². The Hall–Kier alpha value is -4.66. The van der Waals surface area contributed by atoms with Crippen molar-refractivity contribution in [2.45, 2.75) is 70.0 Å². The SMILES string of the molecule is CC(=O)C[C@H](O)C[C@H](O)/C=C/c1c(C2CC2)nc2c(c1-c1ccc(F)cc1)CCOc1ccccc1-2.O=C1CCCOc2ccccc21. The third kappa shape index (κ3) is 7.89. The standard InChI is InChI=1S/C30H30FNO4.C10H10O2/c1-18(33)16-23(35)17-22(34)12-13-25-28(19-8-10-21(31)11-9-19)26-14-15-36-27-5-3-2-4-24(27)30(26)32-29(25)20-6-7-20;11-9-5-3-7-12-10-6-2-1-4-8(9)10/h2-5,8-13,20,22-23,34-35H,6-7,14-17H2,1H3;1-2,4,6H,3,5,7H2/b13-12+;/t22-,23+;/m1./s1. The molecule has 2 aliphatic heterocycles. The van der Waals surface area contributed by atoms with Crippen molar-refractivity contribution in [3.8, 4) is 33.9 Å². The highest BCUT2D eigenvalue weighted by Crippen LogP contribution is 2.48. The zero-order valence-electron chi connectivity index (χ0n) is 27.0. The molecule has 7 rings (SSSR count). The fourth-order valence-electron chi connectivity index (χ4n) is 6.31. The molecular formula is C40H40FNO6. The fourth-order valence-corrected chi connectivity index (χ4v) is 6.31. The van der Waals surface area contributed by atoms with Crippen LogP contribution in [0.25, 0.3) is 28.5 Å². The smallest absolute Gasteiger partial charge is 0.166 e. The lowest BCUT2D eigenvalue weighted by Crippen LogP contribution is -2.18. The second-order valence-corrected chi connectivity index (χ2v) is 12.6. The van der Waals surface area contributed by atoms with Gasteiger partial charge in [-0.1, -0.05) is 48.6 Å². The number of para-hydroxylation sites is 2. The minimum Gasteiger partial charge on any atom is -0.493 e. The third-order valence-electron chi connectivity index (χ3n) is 8.73. The van der Waals surface area contributed by atoms with Crippen LogP contribution in [0.3, 0.4) is 0 Å². The molecule has 3 heterocycles. The Kier molecular flexibility index (Phi) is 10.4. The summed E-state index contributed by atoms with van der Waals surface area (Å²) in [5, 5.41) is 20.7. The van der Waals surface area contributed by atoms with Crippen LogP contribution in [0.1, 0.15) is 78.5 Å². The molecule has 1 aromatic heterocycles. The minimum absolute atomic E-state index is 0.0128. The lowest BCUT2D eigenvalue weighted by molar-refractivity contribution is -0.119. The van der Waals surface area contributed by atoms with E-state index in [2.05, 4.69) is 0 Å². The third-order valence-corrected chi connectivity index (χ3v) is 8.73. The summed E-state index contributed by atoms with van der Waals surface area (Å²) in [6.07, 6.45) is 5.94. The van der Waals surface area contributed by atoms with Crippen LogP contribution in [-0.4, -0.2) is 52.2 Å². The van der Waals surface area contributed by atoms with Crippen molar-refractivity contribution in [2.75, 3.05) is 13.2 Å². The van der Waals surface area contributed by atoms with Gasteiger partial charge in [-0.15, -0.1) is 0 Å². The number of benzene rings is 3. The minimum atomic E-state index is -0.921. The molecule has 1 saturated carbocycles. The zero-order valence-corrected chi connectivity index (χ0v) is 27.0. The molecule has 1 fully saturated rings. The second kappa shape index (κ2) is 15.0. The number of aliphatic hydroxyl groups is 2. The van der Waals surface area contributed by atoms with Gasteiger partial charge in [0.05, 0.1) is 42.4 Å². The maximum Gasteiger partial charge on any atom is 0.166 e. The number of carbonyl (C=O) groups is 2. The number of halogens is 1. The largest absolute Gasteiger partial charge is 0.493 e. The molecule has 8 heteroatoms. The summed E-state index contributed by atoms with van der Waals surface area (Å²) in [5.74, 6) is 1.62. The van der Waals surface area contributed by atoms with Crippen LogP contribution in [0.2, 0.25) is 0 Å². The number of nitrogens with zero attached hydrogens (tertiary/aromatic N) is 1. The van der Waals surface area contributed by atoms with Crippen LogP contribution >= 0.6 is 0 Å². The first kappa shape index (κ1) is 33.2. The molecular weight excluding hydrogens is 609 g/mol. The van der Waals surface area contributed by atoms with E-state index < -0.39 is 12.2 Å². The van der Waals surface area contributed by atoms with Gasteiger partial charge in [-0.3, -0.25) is 14.6 Å². The number of ether oxygens (including phenoxy) is 2. The van der Waals surface area contributed by atoms with Crippen LogP contribution in [0.15, 0.2) is 78.9 Å². The average Bonchev–Trinajstić information content (AvgIpc) is 3.94. The molecule has 248 valence electrons. The van der Waals surface area contributed by atoms with Gasteiger partial charge < -0.3 is 19.7 Å². The Balaban J connectivity index is 0.000000280. The normalized spacial score (nSPS) is 16.5. The van der Waals surface area contributed by atoms with E-state index in [9.17, 15) is 24.2 Å². The van der Waals surface area contributed by atoms with Gasteiger partial charge in [-0.25, -0.2) is 4.39 Å². The molecule has 2 atom stereocenters. The molecule has 0 bridgehead atoms. The molecule has 2 N–H and O–H groups in total. The molecule has 0 amide bonds. The number of hydrogen-bond donors (Lipinski definition) is 2. The number of fused-ring (bicyclic) bond motifs is 4. The van der Waals surface area contributed by atoms with E-state index in [0.29, 0.717) is 32.0 Å². The quantitative estimate of drug-likeness (QED) is 0.204. The molecule has 0 radical (unpaired) electrons. The number of hydrogen-bond acceptors (Lipinski definition) is 7. The predicted octanol–water partition coefficient (Wildman–Crippen LogP) is 7.51. The summed E-state index contributed by atoms with van der Waals surface area (Å²) >= 11 is 0. The number of rotatable bonds is 8. The van der Waals surface area contributed by atoms with Crippen molar-refractivity contribution in [2.24, 2.45) is 0 Å². The van der Waals surface area contributed by atoms with Gasteiger partial charge >= 0.3 is 0 Å². The number of carbonyl (C=O) groups excluding carboxylic acids is 2. The number of aromatic nitrogens is 1. The monoisotopic (exact) mass is 649 g/mol. The van der Waals surface area contributed by atoms with Crippen molar-refractivity contribution in [1.82, 2.24) is 4.98 Å². The lowest BCUT2D eigenvalue weighted by Gasteiger charge is -2.20. The van der Waals surface area contributed by atoms with Crippen LogP contribution in [-0.2, 0) is 11.2 Å². The van der Waals surface area contributed by atoms with Crippen LogP contribution in [0.4, 0.5) is 4.39 Å². The first-order valence-corrected chi connectivity index (χ1v) is 16.6. The maximum absolute atomic E-state index is 13.9. The van der Waals surface area contributed by atoms with Crippen molar-refractivity contribution in [3.63, 3.8) is 0 Å². The van der Waals surface area contributed by atoms with Crippen LogP contribution < -0.4 is 9.47 Å². The van der Waals surface area contributed by atoms with E-state index in [4.69, 9.17) is 14.5 Å². The van der Waals surface area contributed by atoms with E-state index in [0.717, 1.165) is 75.5 Å². The number of aliphatic hydroxyl groups excluding tert-OH is 2. The van der Waals surface area contributed by atoms with Crippen molar-refractivity contribution >= 4 is 17.6 Å². The van der Waals surface area contributed by atoms with E-state index in [1.165, 1.54) is 19.1 Å². The molecule has 3 aromatic carbocycles. The van der Waals surface area contributed by atoms with Crippen molar-refractivity contribution < 1.29 is 33.7 Å². The fraction of sp³-hybridized carbons (Fsp3) is 0.325. The van der Waals surface area contributed by atoms with E-state index in [1.807, 2.05) is 54.6 Å². The maximum atomic E-state index is 13.9. The first-order chi connectivity index (χ1) is 23.3. The molecule has 7 nitrogen and oxygen atoms in total. The van der Waals surface area contributed by atoms with Gasteiger partial charge in [-0.05, 0) is 79.3 Å². The Morgan fingerprint density at radius 1 is 0.938 bits per heavy atom. The Morgan fingerprint density at radius 3 is 2.31 bits per heavy atom. The van der Waals surface area contributed by atoms with Gasteiger partial charge in [-0.2, -0.15) is 0 Å². The van der Waals surface area contributed by atoms with Gasteiger partial charge in [0.1, 0.15) is 23.1 Å². The summed E-state index contributed by atoms with van der Waals surface area (Å²) in [6.45, 7) is 2.57. The van der Waals surface area contributed by atoms with Crippen LogP contribution in [0.5, 0.6) is 11.5 Å². The average molecular weight is 650 g/mol. The van der Waals surface area contributed by atoms with Gasteiger partial charge in [0.15, 0.2) is 5.78 Å². The number of ketones is 2. The molecule has 0 spiro atoms. The summed E-state index contributed by atoms with van der Waals surface area (Å²) in [4.78, 5) is 27.9. The second-order valence-electron chi connectivity index (χ2n) is 12.6. The molecule has 48 heavy (non-hydrogen) atoms. The Labute approximate surface area is 280 Å². The van der Waals surface area contributed by atoms with Crippen molar-refractivity contribution in [3.05, 3.63) is 107 Å². The summed E-state index contributed by atoms with van der Waals surface area (Å²) in [7, 11) is 0. The number of pyridine rings is 1. The molecule has 4 aromatic rings. The molecule has 0 saturated heterocycles. The van der Waals surface area contributed by atoms with E-state index in [1.54, 1.807) is 18.2 Å². The van der Waals surface area contributed by atoms with Gasteiger partial charge in [0, 0.05) is 42.7 Å². The lowest BCUT2D eigenvalue weighted by atomic mass is 9.87. The highest BCUT2D eigenvalue weighted by atomic mass is 19.1. The molecule has 1 aliphatic carbocycles. The number of Topliss-reactive ketones (excluding diaryl/α,β-unsaturated/α-hetero) is 2. The molecule has 0 unspecified atom stereocenters. The van der Waals surface area contributed by atoms with Crippen molar-refractivity contribution in [1.29, 1.82) is 0 Å². The van der Waals surface area contributed by atoms with Gasteiger partial charge in [0.2, 0.25) is 0 Å². The Bertz CT molecular complexity index is 1810. The predicted molar refractivity (Wildman–Crippen MR) is 183 cm³/mol. The van der Waals surface area contributed by atoms with E-state index >= 15 is 0 Å². The Morgan fingerprint density at radius 2 is 1.60 bits per heavy atom. The first-order valence-electron chi connectivity index (χ1n) is 16.6. The zero-order chi connectivity index (χ0) is 33.6. The van der Waals surface area contributed by atoms with E-state index in [-0.39, 0.29) is 30.2 Å². The summed E-state index contributed by atoms with van der Waals surface area (Å²) in [6, 6.07) is 21.8. The highest BCUT2D eigenvalue weighted by molar-refractivity contribution is 5.98. The topological polar surface area (TPSA) is 106 Å². The summed E-state index contributed by atoms with van der Waals surface area (Å²) < 4.78 is 25.3. The summed E-state index contributed by atoms with van der Waals surface area (Å²) in [5.41, 5.74) is 7.30. The van der Waals surface area contributed by atoms with Crippen LogP contribution in [0, 0.1) is 5.82 Å². The highest BCUT2D eigenvalue weighted by Gasteiger charge is 2.32.